The van der Waals surface area contributed by atoms with Crippen molar-refractivity contribution in [2.75, 3.05) is 20.8 Å². The molecule has 2 aromatic rings. The summed E-state index contributed by atoms with van der Waals surface area (Å²) in [6, 6.07) is 8.49. The van der Waals surface area contributed by atoms with Gasteiger partial charge in [0, 0.05) is 3.57 Å². The number of carbonyl (C=O) groups excluding carboxylic acids is 1. The van der Waals surface area contributed by atoms with Crippen molar-refractivity contribution in [1.29, 1.82) is 0 Å². The maximum absolute atomic E-state index is 12.4. The van der Waals surface area contributed by atoms with Crippen molar-refractivity contribution in [3.05, 3.63) is 51.1 Å². The van der Waals surface area contributed by atoms with E-state index in [1.165, 1.54) is 6.08 Å². The quantitative estimate of drug-likeness (QED) is 0.234. The molecule has 5 nitrogen and oxygen atoms in total. The van der Waals surface area contributed by atoms with Gasteiger partial charge in [0.05, 0.1) is 26.4 Å². The smallest absolute Gasteiger partial charge is 0.203 e. The molecule has 0 atom stereocenters. The molecular weight excluding hydrogens is 459 g/mol. The summed E-state index contributed by atoms with van der Waals surface area (Å²) in [6.45, 7) is 2.66. The van der Waals surface area contributed by atoms with E-state index in [1.54, 1.807) is 50.6 Å². The molecule has 6 heteroatoms. The Labute approximate surface area is 173 Å². The molecule has 0 spiro atoms. The summed E-state index contributed by atoms with van der Waals surface area (Å²) in [5, 5.41) is 9.95. The van der Waals surface area contributed by atoms with Crippen LogP contribution in [0, 0.1) is 3.57 Å². The highest BCUT2D eigenvalue weighted by Crippen LogP contribution is 2.39. The van der Waals surface area contributed by atoms with Crippen LogP contribution in [-0.2, 0) is 0 Å². The van der Waals surface area contributed by atoms with Crippen molar-refractivity contribution in [3.8, 4) is 23.0 Å². The topological polar surface area (TPSA) is 65.0 Å². The number of phenolic OH excluding ortho intramolecular Hbond substituents is 1. The van der Waals surface area contributed by atoms with E-state index >= 15 is 0 Å². The molecule has 0 amide bonds. The zero-order valence-corrected chi connectivity index (χ0v) is 17.8. The third kappa shape index (κ3) is 5.63. The van der Waals surface area contributed by atoms with Gasteiger partial charge in [0.1, 0.15) is 5.75 Å². The van der Waals surface area contributed by atoms with Crippen molar-refractivity contribution >= 4 is 34.5 Å². The van der Waals surface area contributed by atoms with Crippen molar-refractivity contribution in [2.24, 2.45) is 0 Å². The number of methoxy groups -OCH3 is 2. The Morgan fingerprint density at radius 2 is 1.81 bits per heavy atom. The van der Waals surface area contributed by atoms with E-state index in [9.17, 15) is 9.90 Å². The molecule has 0 aliphatic carbocycles. The number of unbranched alkanes of at least 4 members (excludes halogenated alkanes) is 1. The van der Waals surface area contributed by atoms with Gasteiger partial charge in [-0.05, 0) is 71.0 Å². The van der Waals surface area contributed by atoms with E-state index in [1.807, 2.05) is 0 Å². The highest BCUT2D eigenvalue weighted by Gasteiger charge is 2.14. The maximum Gasteiger partial charge on any atom is 0.203 e. The van der Waals surface area contributed by atoms with Gasteiger partial charge in [0.25, 0.3) is 0 Å². The molecule has 0 aromatic heterocycles. The lowest BCUT2D eigenvalue weighted by atomic mass is 10.1. The molecule has 2 aromatic carbocycles. The largest absolute Gasteiger partial charge is 0.507 e. The van der Waals surface area contributed by atoms with E-state index in [0.717, 1.165) is 22.0 Å². The molecular formula is C21H23IO5. The molecule has 0 saturated carbocycles. The molecule has 144 valence electrons. The van der Waals surface area contributed by atoms with Crippen LogP contribution in [-0.4, -0.2) is 31.7 Å². The average Bonchev–Trinajstić information content (AvgIpc) is 2.66. The normalized spacial score (nSPS) is 10.8. The van der Waals surface area contributed by atoms with Gasteiger partial charge in [-0.1, -0.05) is 19.4 Å². The minimum atomic E-state index is -0.287. The highest BCUT2D eigenvalue weighted by atomic mass is 127. The minimum absolute atomic E-state index is 0.0358. The number of allylic oxidation sites excluding steroid dienone is 1. The van der Waals surface area contributed by atoms with Crippen LogP contribution >= 0.6 is 22.6 Å². The highest BCUT2D eigenvalue weighted by molar-refractivity contribution is 14.1. The van der Waals surface area contributed by atoms with Crippen molar-refractivity contribution in [1.82, 2.24) is 0 Å². The van der Waals surface area contributed by atoms with Crippen molar-refractivity contribution in [3.63, 3.8) is 0 Å². The lowest BCUT2D eigenvalue weighted by molar-refractivity contribution is 0.104. The van der Waals surface area contributed by atoms with Crippen LogP contribution in [0.3, 0.4) is 0 Å². The number of carbonyl (C=O) groups is 1. The number of benzene rings is 2. The summed E-state index contributed by atoms with van der Waals surface area (Å²) in [5.74, 6) is 1.30. The number of ketones is 1. The lowest BCUT2D eigenvalue weighted by Gasteiger charge is -2.15. The summed E-state index contributed by atoms with van der Waals surface area (Å²) < 4.78 is 17.5. The first kappa shape index (κ1) is 21.1. The van der Waals surface area contributed by atoms with E-state index in [-0.39, 0.29) is 17.1 Å². The Hall–Kier alpha value is -2.22. The SMILES string of the molecule is CCCCOc1c(OC)cc(/C=C/C(=O)c2ccc(I)cc2O)cc1OC. The number of ether oxygens (including phenoxy) is 3. The van der Waals surface area contributed by atoms with Gasteiger partial charge in [0.2, 0.25) is 5.75 Å². The van der Waals surface area contributed by atoms with Crippen LogP contribution in [0.2, 0.25) is 0 Å². The van der Waals surface area contributed by atoms with Crippen molar-refractivity contribution < 1.29 is 24.1 Å². The molecule has 0 fully saturated rings. The second-order valence-corrected chi connectivity index (χ2v) is 7.06. The van der Waals surface area contributed by atoms with Gasteiger partial charge in [-0.25, -0.2) is 0 Å². The molecule has 0 radical (unpaired) electrons. The Bertz CT molecular complexity index is 804. The van der Waals surface area contributed by atoms with E-state index in [2.05, 4.69) is 29.5 Å². The lowest BCUT2D eigenvalue weighted by Crippen LogP contribution is -2.01. The van der Waals surface area contributed by atoms with Gasteiger partial charge in [-0.3, -0.25) is 4.79 Å². The molecule has 27 heavy (non-hydrogen) atoms. The second kappa shape index (κ2) is 10.2. The molecule has 0 bridgehead atoms. The van der Waals surface area contributed by atoms with Gasteiger partial charge in [-0.2, -0.15) is 0 Å². The van der Waals surface area contributed by atoms with Gasteiger partial charge in [0.15, 0.2) is 17.3 Å². The summed E-state index contributed by atoms with van der Waals surface area (Å²) in [4.78, 5) is 12.4. The van der Waals surface area contributed by atoms with Crippen LogP contribution in [0.5, 0.6) is 23.0 Å². The zero-order valence-electron chi connectivity index (χ0n) is 15.6. The summed E-state index contributed by atoms with van der Waals surface area (Å²) in [6.07, 6.45) is 5.02. The Kier molecular flexibility index (Phi) is 7.97. The third-order valence-electron chi connectivity index (χ3n) is 3.88. The number of aromatic hydroxyl groups is 1. The van der Waals surface area contributed by atoms with Crippen LogP contribution in [0.25, 0.3) is 6.08 Å². The molecule has 0 heterocycles. The zero-order chi connectivity index (χ0) is 19.8. The number of hydrogen-bond acceptors (Lipinski definition) is 5. The number of hydrogen-bond donors (Lipinski definition) is 1. The van der Waals surface area contributed by atoms with Gasteiger partial charge >= 0.3 is 0 Å². The van der Waals surface area contributed by atoms with E-state index < -0.39 is 0 Å². The predicted molar refractivity (Wildman–Crippen MR) is 114 cm³/mol. The minimum Gasteiger partial charge on any atom is -0.507 e. The van der Waals surface area contributed by atoms with Gasteiger partial charge < -0.3 is 19.3 Å². The Morgan fingerprint density at radius 1 is 1.15 bits per heavy atom. The number of phenols is 1. The first-order valence-electron chi connectivity index (χ1n) is 8.59. The fourth-order valence-corrected chi connectivity index (χ4v) is 2.91. The van der Waals surface area contributed by atoms with Crippen LogP contribution in [0.15, 0.2) is 36.4 Å². The van der Waals surface area contributed by atoms with Gasteiger partial charge in [-0.15, -0.1) is 0 Å². The summed E-state index contributed by atoms with van der Waals surface area (Å²) >= 11 is 2.08. The fraction of sp³-hybridized carbons (Fsp3) is 0.286. The standard InChI is InChI=1S/C21H23IO5/c1-4-5-10-27-21-19(25-2)11-14(12-20(21)26-3)6-9-17(23)16-8-7-15(22)13-18(16)24/h6-9,11-13,24H,4-5,10H2,1-3H3/b9-6+. The van der Waals surface area contributed by atoms with Crippen LogP contribution < -0.4 is 14.2 Å². The van der Waals surface area contributed by atoms with Crippen LogP contribution in [0.1, 0.15) is 35.7 Å². The summed E-state index contributed by atoms with van der Waals surface area (Å²) in [5.41, 5.74) is 0.981. The van der Waals surface area contributed by atoms with Crippen LogP contribution in [0.4, 0.5) is 0 Å². The first-order chi connectivity index (χ1) is 13.0. The molecule has 1 N–H and O–H groups in total. The number of halogens is 1. The molecule has 0 saturated heterocycles. The average molecular weight is 482 g/mol. The van der Waals surface area contributed by atoms with Crippen molar-refractivity contribution in [2.45, 2.75) is 19.8 Å². The second-order valence-electron chi connectivity index (χ2n) is 5.82. The number of rotatable bonds is 9. The van der Waals surface area contributed by atoms with E-state index in [0.29, 0.717) is 23.9 Å². The monoisotopic (exact) mass is 482 g/mol. The first-order valence-corrected chi connectivity index (χ1v) is 9.67. The molecule has 2 rings (SSSR count). The predicted octanol–water partition coefficient (Wildman–Crippen LogP) is 5.09. The molecule has 0 aliphatic heterocycles. The third-order valence-corrected chi connectivity index (χ3v) is 4.55. The maximum atomic E-state index is 12.4. The summed E-state index contributed by atoms with van der Waals surface area (Å²) in [7, 11) is 3.12. The molecule has 0 aliphatic rings. The Balaban J connectivity index is 2.27. The molecule has 0 unspecified atom stereocenters. The van der Waals surface area contributed by atoms with E-state index in [4.69, 9.17) is 14.2 Å². The fourth-order valence-electron chi connectivity index (χ4n) is 2.43. The Morgan fingerprint density at radius 3 is 2.37 bits per heavy atom.